The van der Waals surface area contributed by atoms with E-state index in [0.717, 1.165) is 16.0 Å². The first kappa shape index (κ1) is 11.9. The summed E-state index contributed by atoms with van der Waals surface area (Å²) in [5.74, 6) is 0.255. The second-order valence-electron chi connectivity index (χ2n) is 2.99. The van der Waals surface area contributed by atoms with Crippen LogP contribution in [-0.4, -0.2) is 5.78 Å². The second kappa shape index (κ2) is 5.06. The van der Waals surface area contributed by atoms with Crippen LogP contribution in [0.1, 0.15) is 23.4 Å². The van der Waals surface area contributed by atoms with Gasteiger partial charge in [-0.2, -0.15) is 0 Å². The van der Waals surface area contributed by atoms with Crippen molar-refractivity contribution >= 4 is 41.6 Å². The molecule has 1 atom stereocenters. The van der Waals surface area contributed by atoms with Crippen LogP contribution in [-0.2, 0) is 10.7 Å². The van der Waals surface area contributed by atoms with E-state index in [4.69, 9.17) is 23.2 Å². The Hall–Kier alpha value is -0.180. The van der Waals surface area contributed by atoms with Crippen LogP contribution in [0.4, 0.5) is 0 Å². The van der Waals surface area contributed by atoms with Crippen molar-refractivity contribution in [3.05, 3.63) is 29.3 Å². The highest BCUT2D eigenvalue weighted by molar-refractivity contribution is 7.80. The SMILES string of the molecule is CC(=O)C(Cl)c1ccc(S)cc1CCl. The first-order chi connectivity index (χ1) is 6.56. The molecule has 0 saturated heterocycles. The van der Waals surface area contributed by atoms with Gasteiger partial charge in [0, 0.05) is 10.8 Å². The lowest BCUT2D eigenvalue weighted by molar-refractivity contribution is -0.116. The number of Topliss-reactive ketones (excluding diaryl/α,β-unsaturated/α-hetero) is 1. The predicted octanol–water partition coefficient (Wildman–Crippen LogP) is 3.58. The molecule has 0 radical (unpaired) electrons. The molecule has 1 aromatic carbocycles. The zero-order valence-electron chi connectivity index (χ0n) is 7.63. The van der Waals surface area contributed by atoms with Gasteiger partial charge in [-0.25, -0.2) is 0 Å². The number of carbonyl (C=O) groups excluding carboxylic acids is 1. The van der Waals surface area contributed by atoms with Gasteiger partial charge in [0.1, 0.15) is 5.38 Å². The lowest BCUT2D eigenvalue weighted by Gasteiger charge is -2.11. The summed E-state index contributed by atoms with van der Waals surface area (Å²) in [6, 6.07) is 5.41. The maximum atomic E-state index is 11.1. The van der Waals surface area contributed by atoms with Gasteiger partial charge < -0.3 is 0 Å². The van der Waals surface area contributed by atoms with E-state index in [2.05, 4.69) is 12.6 Å². The minimum atomic E-state index is -0.613. The largest absolute Gasteiger partial charge is 0.298 e. The zero-order valence-corrected chi connectivity index (χ0v) is 10.0. The summed E-state index contributed by atoms with van der Waals surface area (Å²) in [4.78, 5) is 11.9. The summed E-state index contributed by atoms with van der Waals surface area (Å²) in [7, 11) is 0. The zero-order chi connectivity index (χ0) is 10.7. The summed E-state index contributed by atoms with van der Waals surface area (Å²) in [6.45, 7) is 1.46. The van der Waals surface area contributed by atoms with Gasteiger partial charge in [-0.05, 0) is 30.2 Å². The Kier molecular flexibility index (Phi) is 4.30. The van der Waals surface area contributed by atoms with E-state index in [0.29, 0.717) is 5.88 Å². The highest BCUT2D eigenvalue weighted by atomic mass is 35.5. The summed E-state index contributed by atoms with van der Waals surface area (Å²) in [5.41, 5.74) is 1.63. The Morgan fingerprint density at radius 1 is 1.57 bits per heavy atom. The van der Waals surface area contributed by atoms with E-state index in [1.54, 1.807) is 12.1 Å². The highest BCUT2D eigenvalue weighted by Crippen LogP contribution is 2.27. The number of thiol groups is 1. The van der Waals surface area contributed by atoms with Gasteiger partial charge in [-0.15, -0.1) is 35.8 Å². The monoisotopic (exact) mass is 248 g/mol. The summed E-state index contributed by atoms with van der Waals surface area (Å²) in [6.07, 6.45) is 0. The Morgan fingerprint density at radius 2 is 2.21 bits per heavy atom. The van der Waals surface area contributed by atoms with Crippen LogP contribution in [0.15, 0.2) is 23.1 Å². The Bertz CT molecular complexity index is 352. The molecule has 0 amide bonds. The van der Waals surface area contributed by atoms with Crippen molar-refractivity contribution in [1.82, 2.24) is 0 Å². The van der Waals surface area contributed by atoms with Crippen molar-refractivity contribution < 1.29 is 4.79 Å². The maximum absolute atomic E-state index is 11.1. The minimum Gasteiger partial charge on any atom is -0.298 e. The Labute approximate surface area is 98.8 Å². The van der Waals surface area contributed by atoms with E-state index < -0.39 is 5.38 Å². The number of halogens is 2. The van der Waals surface area contributed by atoms with Gasteiger partial charge >= 0.3 is 0 Å². The fourth-order valence-corrected chi connectivity index (χ4v) is 1.85. The summed E-state index contributed by atoms with van der Waals surface area (Å²) in [5, 5.41) is -0.613. The van der Waals surface area contributed by atoms with E-state index in [1.807, 2.05) is 6.07 Å². The van der Waals surface area contributed by atoms with Crippen molar-refractivity contribution in [2.45, 2.75) is 23.1 Å². The molecule has 0 N–H and O–H groups in total. The van der Waals surface area contributed by atoms with Gasteiger partial charge in [0.2, 0.25) is 0 Å². The molecule has 0 aromatic heterocycles. The first-order valence-corrected chi connectivity index (χ1v) is 5.50. The number of rotatable bonds is 3. The molecule has 1 rings (SSSR count). The molecule has 76 valence electrons. The average Bonchev–Trinajstić information content (AvgIpc) is 2.16. The molecule has 0 fully saturated rings. The molecule has 0 aliphatic rings. The number of alkyl halides is 2. The van der Waals surface area contributed by atoms with Crippen molar-refractivity contribution in [3.8, 4) is 0 Å². The first-order valence-electron chi connectivity index (χ1n) is 4.08. The fourth-order valence-electron chi connectivity index (χ4n) is 1.17. The van der Waals surface area contributed by atoms with Crippen LogP contribution in [0.2, 0.25) is 0 Å². The van der Waals surface area contributed by atoms with Crippen LogP contribution in [0, 0.1) is 0 Å². The lowest BCUT2D eigenvalue weighted by Crippen LogP contribution is -2.04. The molecule has 0 bridgehead atoms. The third-order valence-corrected chi connectivity index (χ3v) is 3.01. The van der Waals surface area contributed by atoms with Crippen molar-refractivity contribution in [2.75, 3.05) is 0 Å². The molecular weight excluding hydrogens is 239 g/mol. The van der Waals surface area contributed by atoms with Gasteiger partial charge in [-0.3, -0.25) is 4.79 Å². The molecule has 0 spiro atoms. The molecule has 14 heavy (non-hydrogen) atoms. The van der Waals surface area contributed by atoms with Gasteiger partial charge in [0.05, 0.1) is 0 Å². The summed E-state index contributed by atoms with van der Waals surface area (Å²) < 4.78 is 0. The number of carbonyl (C=O) groups is 1. The number of hydrogen-bond donors (Lipinski definition) is 1. The molecule has 0 aliphatic carbocycles. The van der Waals surface area contributed by atoms with Gasteiger partial charge in [0.25, 0.3) is 0 Å². The quantitative estimate of drug-likeness (QED) is 0.640. The predicted molar refractivity (Wildman–Crippen MR) is 62.5 cm³/mol. The van der Waals surface area contributed by atoms with Crippen molar-refractivity contribution in [1.29, 1.82) is 0 Å². The van der Waals surface area contributed by atoms with E-state index >= 15 is 0 Å². The number of hydrogen-bond acceptors (Lipinski definition) is 2. The molecule has 4 heteroatoms. The van der Waals surface area contributed by atoms with Crippen LogP contribution in [0.25, 0.3) is 0 Å². The summed E-state index contributed by atoms with van der Waals surface area (Å²) >= 11 is 15.9. The number of benzene rings is 1. The van der Waals surface area contributed by atoms with Crippen molar-refractivity contribution in [2.24, 2.45) is 0 Å². The van der Waals surface area contributed by atoms with Crippen LogP contribution >= 0.6 is 35.8 Å². The van der Waals surface area contributed by atoms with E-state index in [-0.39, 0.29) is 5.78 Å². The van der Waals surface area contributed by atoms with E-state index in [9.17, 15) is 4.79 Å². The third kappa shape index (κ3) is 2.66. The topological polar surface area (TPSA) is 17.1 Å². The average molecular weight is 249 g/mol. The van der Waals surface area contributed by atoms with Gasteiger partial charge in [0.15, 0.2) is 5.78 Å². The molecule has 0 aliphatic heterocycles. The normalized spacial score (nSPS) is 12.6. The standard InChI is InChI=1S/C10H10Cl2OS/c1-6(13)10(12)9-3-2-8(14)4-7(9)5-11/h2-4,10,14H,5H2,1H3. The maximum Gasteiger partial charge on any atom is 0.152 e. The van der Waals surface area contributed by atoms with Crippen molar-refractivity contribution in [3.63, 3.8) is 0 Å². The highest BCUT2D eigenvalue weighted by Gasteiger charge is 2.16. The lowest BCUT2D eigenvalue weighted by atomic mass is 10.0. The third-order valence-electron chi connectivity index (χ3n) is 1.90. The Balaban J connectivity index is 3.13. The van der Waals surface area contributed by atoms with Crippen LogP contribution in [0.5, 0.6) is 0 Å². The van der Waals surface area contributed by atoms with Gasteiger partial charge in [-0.1, -0.05) is 6.07 Å². The molecule has 0 heterocycles. The number of ketones is 1. The second-order valence-corrected chi connectivity index (χ2v) is 4.21. The minimum absolute atomic E-state index is 0.0788. The smallest absolute Gasteiger partial charge is 0.152 e. The molecule has 1 aromatic rings. The molecule has 0 saturated carbocycles. The van der Waals surface area contributed by atoms with Crippen LogP contribution < -0.4 is 0 Å². The van der Waals surface area contributed by atoms with E-state index in [1.165, 1.54) is 6.92 Å². The molecule has 1 unspecified atom stereocenters. The fraction of sp³-hybridized carbons (Fsp3) is 0.300. The van der Waals surface area contributed by atoms with Crippen LogP contribution in [0.3, 0.4) is 0 Å². The molecule has 1 nitrogen and oxygen atoms in total. The molecular formula is C10H10Cl2OS. The Morgan fingerprint density at radius 3 is 2.71 bits per heavy atom.